The highest BCUT2D eigenvalue weighted by Gasteiger charge is 2.22. The van der Waals surface area contributed by atoms with E-state index in [1.165, 1.54) is 23.8 Å². The number of allylic oxidation sites excluding steroid dienone is 5. The molecule has 2 N–H and O–H groups in total. The fourth-order valence-electron chi connectivity index (χ4n) is 4.94. The summed E-state index contributed by atoms with van der Waals surface area (Å²) in [6.45, 7) is 4.19. The lowest BCUT2D eigenvalue weighted by Crippen LogP contribution is -2.21. The van der Waals surface area contributed by atoms with Gasteiger partial charge in [-0.2, -0.15) is 8.42 Å². The predicted octanol–water partition coefficient (Wildman–Crippen LogP) is 7.23. The van der Waals surface area contributed by atoms with Gasteiger partial charge in [0.15, 0.2) is 0 Å². The summed E-state index contributed by atoms with van der Waals surface area (Å²) in [6.07, 6.45) is 7.50. The second-order valence-corrected chi connectivity index (χ2v) is 11.3. The summed E-state index contributed by atoms with van der Waals surface area (Å²) >= 11 is 0. The highest BCUT2D eigenvalue weighted by Crippen LogP contribution is 2.36. The Bertz CT molecular complexity index is 1760. The molecule has 0 bridgehead atoms. The van der Waals surface area contributed by atoms with Crippen molar-refractivity contribution in [1.29, 1.82) is 0 Å². The zero-order valence-electron chi connectivity index (χ0n) is 23.3. The minimum atomic E-state index is -4.58. The Kier molecular flexibility index (Phi) is 8.81. The number of benzene rings is 4. The summed E-state index contributed by atoms with van der Waals surface area (Å²) in [5, 5.41) is 10.3. The number of phenolic OH excluding ortho intramolecular Hbond substituents is 1. The molecule has 1 aliphatic carbocycles. The molecule has 0 radical (unpaired) electrons. The van der Waals surface area contributed by atoms with Gasteiger partial charge in [-0.1, -0.05) is 84.9 Å². The molecule has 5 rings (SSSR count). The minimum absolute atomic E-state index is 0.110. The van der Waals surface area contributed by atoms with Crippen molar-refractivity contribution in [2.24, 2.45) is 4.99 Å². The maximum Gasteiger partial charge on any atom is 0.295 e. The molecule has 1 aliphatic rings. The number of anilines is 1. The first-order valence-electron chi connectivity index (χ1n) is 13.7. The summed E-state index contributed by atoms with van der Waals surface area (Å²) in [5.41, 5.74) is 6.31. The molecule has 0 amide bonds. The van der Waals surface area contributed by atoms with E-state index >= 15 is 0 Å². The van der Waals surface area contributed by atoms with Gasteiger partial charge in [0, 0.05) is 24.3 Å². The van der Waals surface area contributed by atoms with Gasteiger partial charge in [-0.3, -0.25) is 9.55 Å². The molecule has 4 aromatic carbocycles. The average Bonchev–Trinajstić information content (AvgIpc) is 3.00. The Balaban J connectivity index is 1.55. The van der Waals surface area contributed by atoms with E-state index in [-0.39, 0.29) is 16.2 Å². The summed E-state index contributed by atoms with van der Waals surface area (Å²) in [7, 11) is -4.58. The average molecular weight is 577 g/mol. The summed E-state index contributed by atoms with van der Waals surface area (Å²) in [6, 6.07) is 31.9. The number of phenols is 1. The first-order valence-corrected chi connectivity index (χ1v) is 15.1. The Morgan fingerprint density at radius 3 is 2.00 bits per heavy atom. The van der Waals surface area contributed by atoms with Crippen LogP contribution < -0.4 is 4.90 Å². The van der Waals surface area contributed by atoms with Gasteiger partial charge in [0.05, 0.1) is 12.3 Å². The van der Waals surface area contributed by atoms with Gasteiger partial charge < -0.3 is 10.0 Å². The van der Waals surface area contributed by atoms with Crippen molar-refractivity contribution in [1.82, 2.24) is 0 Å². The van der Waals surface area contributed by atoms with E-state index < -0.39 is 10.1 Å². The topological polar surface area (TPSA) is 90.2 Å². The Hall–Kier alpha value is -4.72. The molecular weight excluding hydrogens is 544 g/mol. The standard InChI is InChI=1S/C35H32N2O4S/c1-2-37(25-27-11-7-4-8-12-27)31-19-15-29(16-20-31)35(33-23-32(38)21-22-34(33)42(39,40)41)28-13-17-30(18-14-28)36-24-26-9-5-3-6-10-26/h3-23,38H,2,24-25H2,1H3,(H,39,40,41). The highest BCUT2D eigenvalue weighted by atomic mass is 32.2. The van der Waals surface area contributed by atoms with Crippen LogP contribution in [0.3, 0.4) is 0 Å². The number of aliphatic imine (C=N–C) groups is 1. The van der Waals surface area contributed by atoms with E-state index in [0.29, 0.717) is 17.7 Å². The highest BCUT2D eigenvalue weighted by molar-refractivity contribution is 7.86. The number of hydrogen-bond acceptors (Lipinski definition) is 5. The van der Waals surface area contributed by atoms with Crippen LogP contribution in [-0.4, -0.2) is 30.3 Å². The first kappa shape index (κ1) is 28.8. The number of aromatic hydroxyl groups is 1. The van der Waals surface area contributed by atoms with Gasteiger partial charge in [0.1, 0.15) is 10.6 Å². The lowest BCUT2D eigenvalue weighted by atomic mass is 9.90. The van der Waals surface area contributed by atoms with Crippen LogP contribution in [0.2, 0.25) is 0 Å². The van der Waals surface area contributed by atoms with E-state index in [4.69, 9.17) is 0 Å². The molecule has 0 heterocycles. The lowest BCUT2D eigenvalue weighted by Gasteiger charge is -2.24. The zero-order chi connectivity index (χ0) is 29.5. The number of hydrogen-bond donors (Lipinski definition) is 2. The van der Waals surface area contributed by atoms with Crippen LogP contribution in [0.15, 0.2) is 143 Å². The summed E-state index contributed by atoms with van der Waals surface area (Å²) in [5.74, 6) is -0.110. The van der Waals surface area contributed by atoms with Crippen molar-refractivity contribution in [3.8, 4) is 5.75 Å². The minimum Gasteiger partial charge on any atom is -0.508 e. The second-order valence-electron chi connectivity index (χ2n) is 9.93. The largest absolute Gasteiger partial charge is 0.508 e. The van der Waals surface area contributed by atoms with Gasteiger partial charge in [0.2, 0.25) is 0 Å². The molecular formula is C35H32N2O4S. The van der Waals surface area contributed by atoms with Crippen LogP contribution >= 0.6 is 0 Å². The zero-order valence-corrected chi connectivity index (χ0v) is 24.1. The third kappa shape index (κ3) is 6.94. The molecule has 0 saturated carbocycles. The van der Waals surface area contributed by atoms with Crippen molar-refractivity contribution in [3.63, 3.8) is 0 Å². The molecule has 6 nitrogen and oxygen atoms in total. The smallest absolute Gasteiger partial charge is 0.295 e. The van der Waals surface area contributed by atoms with Crippen molar-refractivity contribution in [3.05, 3.63) is 155 Å². The maximum atomic E-state index is 12.4. The van der Waals surface area contributed by atoms with Crippen molar-refractivity contribution in [2.45, 2.75) is 24.9 Å². The van der Waals surface area contributed by atoms with E-state index in [0.717, 1.165) is 35.6 Å². The van der Waals surface area contributed by atoms with Gasteiger partial charge in [-0.05, 0) is 77.2 Å². The van der Waals surface area contributed by atoms with Crippen LogP contribution in [0, 0.1) is 0 Å². The molecule has 4 aromatic rings. The summed E-state index contributed by atoms with van der Waals surface area (Å²) in [4.78, 5) is 6.65. The Morgan fingerprint density at radius 1 is 0.786 bits per heavy atom. The van der Waals surface area contributed by atoms with Crippen LogP contribution in [-0.2, 0) is 23.2 Å². The molecule has 42 heavy (non-hydrogen) atoms. The molecule has 0 aliphatic heterocycles. The maximum absolute atomic E-state index is 12.4. The van der Waals surface area contributed by atoms with E-state index in [1.807, 2.05) is 97.1 Å². The fraction of sp³-hybridized carbons (Fsp3) is 0.114. The van der Waals surface area contributed by atoms with Crippen molar-refractivity contribution in [2.75, 3.05) is 11.4 Å². The van der Waals surface area contributed by atoms with E-state index in [9.17, 15) is 18.1 Å². The normalized spacial score (nSPS) is 12.8. The molecule has 0 spiro atoms. The van der Waals surface area contributed by atoms with E-state index in [2.05, 4.69) is 28.9 Å². The monoisotopic (exact) mass is 576 g/mol. The van der Waals surface area contributed by atoms with Crippen LogP contribution in [0.5, 0.6) is 5.75 Å². The van der Waals surface area contributed by atoms with Gasteiger partial charge in [-0.25, -0.2) is 0 Å². The molecule has 0 atom stereocenters. The third-order valence-electron chi connectivity index (χ3n) is 7.07. The molecule has 0 unspecified atom stereocenters. The molecule has 212 valence electrons. The Labute approximate surface area is 247 Å². The van der Waals surface area contributed by atoms with Gasteiger partial charge >= 0.3 is 0 Å². The molecule has 0 fully saturated rings. The molecule has 7 heteroatoms. The second kappa shape index (κ2) is 12.9. The first-order chi connectivity index (χ1) is 20.3. The number of rotatable bonds is 9. The van der Waals surface area contributed by atoms with Crippen LogP contribution in [0.1, 0.15) is 29.2 Å². The molecule has 0 aromatic heterocycles. The summed E-state index contributed by atoms with van der Waals surface area (Å²) < 4.78 is 34.9. The van der Waals surface area contributed by atoms with Crippen LogP contribution in [0.4, 0.5) is 5.69 Å². The fourth-order valence-corrected chi connectivity index (χ4v) is 5.62. The van der Waals surface area contributed by atoms with Gasteiger partial charge in [0.25, 0.3) is 10.1 Å². The Morgan fingerprint density at radius 2 is 1.40 bits per heavy atom. The van der Waals surface area contributed by atoms with E-state index in [1.54, 1.807) is 0 Å². The lowest BCUT2D eigenvalue weighted by molar-refractivity contribution is 0.472. The predicted molar refractivity (Wildman–Crippen MR) is 169 cm³/mol. The third-order valence-corrected chi connectivity index (χ3v) is 7.98. The van der Waals surface area contributed by atoms with Gasteiger partial charge in [-0.15, -0.1) is 0 Å². The molecule has 0 saturated heterocycles. The van der Waals surface area contributed by atoms with Crippen LogP contribution in [0.25, 0.3) is 5.57 Å². The SMILES string of the molecule is CCN(Cc1ccccc1)c1ccc(C(=C2C=CC(=NCc3ccccc3)C=C2)c2cc(O)ccc2S(=O)(=O)O)cc1. The van der Waals surface area contributed by atoms with Crippen molar-refractivity contribution >= 4 is 27.1 Å². The quantitative estimate of drug-likeness (QED) is 0.205. The van der Waals surface area contributed by atoms with Crippen molar-refractivity contribution < 1.29 is 18.1 Å². The number of nitrogens with zero attached hydrogens (tertiary/aromatic N) is 2.